The number of hydrogen-bond donors (Lipinski definition) is 0. The first-order valence-electron chi connectivity index (χ1n) is 9.27. The molecule has 0 saturated carbocycles. The number of sulfonamides is 1. The SMILES string of the molecule is CCCCCC/C=C/C1CCN(S(=O)(=O)c2ccc(C)cc2)CC1. The molecule has 1 aliphatic heterocycles. The van der Waals surface area contributed by atoms with Crippen LogP contribution in [0, 0.1) is 12.8 Å². The average molecular weight is 350 g/mol. The topological polar surface area (TPSA) is 37.4 Å². The van der Waals surface area contributed by atoms with E-state index in [-0.39, 0.29) is 0 Å². The van der Waals surface area contributed by atoms with Gasteiger partial charge in [0.2, 0.25) is 10.0 Å². The summed E-state index contributed by atoms with van der Waals surface area (Å²) in [5, 5.41) is 0. The number of rotatable bonds is 8. The summed E-state index contributed by atoms with van der Waals surface area (Å²) >= 11 is 0. The molecule has 1 saturated heterocycles. The van der Waals surface area contributed by atoms with Gasteiger partial charge >= 0.3 is 0 Å². The third-order valence-corrected chi connectivity index (χ3v) is 6.70. The van der Waals surface area contributed by atoms with Gasteiger partial charge < -0.3 is 0 Å². The predicted octanol–water partition coefficient (Wildman–Crippen LogP) is 4.92. The second-order valence-corrected chi connectivity index (χ2v) is 8.77. The van der Waals surface area contributed by atoms with Crippen LogP contribution in [-0.2, 0) is 10.0 Å². The Morgan fingerprint density at radius 1 is 1.08 bits per heavy atom. The Morgan fingerprint density at radius 3 is 2.38 bits per heavy atom. The fourth-order valence-corrected chi connectivity index (χ4v) is 4.62. The highest BCUT2D eigenvalue weighted by molar-refractivity contribution is 7.89. The molecule has 1 aromatic rings. The van der Waals surface area contributed by atoms with Crippen LogP contribution < -0.4 is 0 Å². The molecule has 1 heterocycles. The monoisotopic (exact) mass is 349 g/mol. The van der Waals surface area contributed by atoms with Gasteiger partial charge in [0.05, 0.1) is 4.90 Å². The van der Waals surface area contributed by atoms with E-state index in [1.165, 1.54) is 25.7 Å². The summed E-state index contributed by atoms with van der Waals surface area (Å²) < 4.78 is 27.0. The quantitative estimate of drug-likeness (QED) is 0.493. The lowest BCUT2D eigenvalue weighted by atomic mass is 9.97. The van der Waals surface area contributed by atoms with Gasteiger partial charge in [0.15, 0.2) is 0 Å². The van der Waals surface area contributed by atoms with E-state index >= 15 is 0 Å². The fraction of sp³-hybridized carbons (Fsp3) is 0.600. The van der Waals surface area contributed by atoms with Crippen LogP contribution in [0.4, 0.5) is 0 Å². The minimum Gasteiger partial charge on any atom is -0.207 e. The van der Waals surface area contributed by atoms with Crippen LogP contribution in [0.3, 0.4) is 0 Å². The van der Waals surface area contributed by atoms with E-state index in [2.05, 4.69) is 19.1 Å². The van der Waals surface area contributed by atoms with Gasteiger partial charge in [0.1, 0.15) is 0 Å². The highest BCUT2D eigenvalue weighted by atomic mass is 32.2. The molecule has 0 aromatic heterocycles. The lowest BCUT2D eigenvalue weighted by Crippen LogP contribution is -2.38. The molecule has 0 aliphatic carbocycles. The molecular formula is C20H31NO2S. The van der Waals surface area contributed by atoms with E-state index in [0.29, 0.717) is 23.9 Å². The Bertz CT molecular complexity index is 612. The zero-order valence-electron chi connectivity index (χ0n) is 15.1. The zero-order valence-corrected chi connectivity index (χ0v) is 15.9. The zero-order chi connectivity index (χ0) is 17.4. The van der Waals surface area contributed by atoms with Gasteiger partial charge in [-0.2, -0.15) is 4.31 Å². The van der Waals surface area contributed by atoms with E-state index in [9.17, 15) is 8.42 Å². The van der Waals surface area contributed by atoms with Crippen molar-refractivity contribution in [2.24, 2.45) is 5.92 Å². The molecule has 24 heavy (non-hydrogen) atoms. The van der Waals surface area contributed by atoms with Crippen LogP contribution in [0.25, 0.3) is 0 Å². The highest BCUT2D eigenvalue weighted by Gasteiger charge is 2.28. The highest BCUT2D eigenvalue weighted by Crippen LogP contribution is 2.25. The number of hydrogen-bond acceptors (Lipinski definition) is 2. The third kappa shape index (κ3) is 5.45. The van der Waals surface area contributed by atoms with Gasteiger partial charge in [-0.15, -0.1) is 0 Å². The van der Waals surface area contributed by atoms with E-state index in [1.54, 1.807) is 16.4 Å². The normalized spacial score (nSPS) is 17.6. The van der Waals surface area contributed by atoms with Gasteiger partial charge in [-0.05, 0) is 50.7 Å². The molecular weight excluding hydrogens is 318 g/mol. The second kappa shape index (κ2) is 9.38. The van der Waals surface area contributed by atoms with E-state index in [1.807, 2.05) is 19.1 Å². The second-order valence-electron chi connectivity index (χ2n) is 6.83. The summed E-state index contributed by atoms with van der Waals surface area (Å²) in [4.78, 5) is 0.415. The van der Waals surface area contributed by atoms with Gasteiger partial charge in [-0.25, -0.2) is 8.42 Å². The fourth-order valence-electron chi connectivity index (χ4n) is 3.15. The number of benzene rings is 1. The summed E-state index contributed by atoms with van der Waals surface area (Å²) in [5.41, 5.74) is 1.08. The third-order valence-electron chi connectivity index (χ3n) is 4.79. The molecule has 0 unspecified atom stereocenters. The van der Waals surface area contributed by atoms with Crippen molar-refractivity contribution in [1.82, 2.24) is 4.31 Å². The number of aryl methyl sites for hydroxylation is 1. The van der Waals surface area contributed by atoms with E-state index < -0.39 is 10.0 Å². The Kier molecular flexibility index (Phi) is 7.50. The molecule has 0 radical (unpaired) electrons. The molecule has 134 valence electrons. The molecule has 2 rings (SSSR count). The maximum absolute atomic E-state index is 12.7. The number of unbranched alkanes of at least 4 members (excludes halogenated alkanes) is 4. The number of nitrogens with zero attached hydrogens (tertiary/aromatic N) is 1. The van der Waals surface area contributed by atoms with Crippen LogP contribution >= 0.6 is 0 Å². The van der Waals surface area contributed by atoms with Crippen molar-refractivity contribution in [3.05, 3.63) is 42.0 Å². The molecule has 1 aromatic carbocycles. The molecule has 0 bridgehead atoms. The van der Waals surface area contributed by atoms with Gasteiger partial charge in [0, 0.05) is 13.1 Å². The Morgan fingerprint density at radius 2 is 1.75 bits per heavy atom. The van der Waals surface area contributed by atoms with Gasteiger partial charge in [0.25, 0.3) is 0 Å². The Labute approximate surface area is 147 Å². The van der Waals surface area contributed by atoms with Crippen molar-refractivity contribution in [2.75, 3.05) is 13.1 Å². The van der Waals surface area contributed by atoms with Crippen molar-refractivity contribution in [3.63, 3.8) is 0 Å². The summed E-state index contributed by atoms with van der Waals surface area (Å²) in [6.45, 7) is 5.45. The van der Waals surface area contributed by atoms with Gasteiger partial charge in [-0.1, -0.05) is 56.0 Å². The summed E-state index contributed by atoms with van der Waals surface area (Å²) in [6.07, 6.45) is 12.8. The van der Waals surface area contributed by atoms with E-state index in [4.69, 9.17) is 0 Å². The summed E-state index contributed by atoms with van der Waals surface area (Å²) in [6, 6.07) is 7.15. The largest absolute Gasteiger partial charge is 0.243 e. The molecule has 3 nitrogen and oxygen atoms in total. The Hall–Kier alpha value is -1.13. The lowest BCUT2D eigenvalue weighted by molar-refractivity contribution is 0.305. The standard InChI is InChI=1S/C20H31NO2S/c1-3-4-5-6-7-8-9-19-14-16-21(17-15-19)24(22,23)20-12-10-18(2)11-13-20/h8-13,19H,3-7,14-17H2,1-2H3/b9-8+. The van der Waals surface area contributed by atoms with Crippen LogP contribution in [-0.4, -0.2) is 25.8 Å². The van der Waals surface area contributed by atoms with Crippen LogP contribution in [0.5, 0.6) is 0 Å². The number of piperidine rings is 1. The lowest BCUT2D eigenvalue weighted by Gasteiger charge is -2.30. The molecule has 1 fully saturated rings. The maximum atomic E-state index is 12.7. The molecule has 0 amide bonds. The van der Waals surface area contributed by atoms with Crippen molar-refractivity contribution in [3.8, 4) is 0 Å². The van der Waals surface area contributed by atoms with Crippen molar-refractivity contribution in [1.29, 1.82) is 0 Å². The molecule has 0 atom stereocenters. The first kappa shape index (κ1) is 19.2. The molecule has 0 spiro atoms. The molecule has 4 heteroatoms. The maximum Gasteiger partial charge on any atom is 0.243 e. The minimum atomic E-state index is -3.33. The van der Waals surface area contributed by atoms with E-state index in [0.717, 1.165) is 24.8 Å². The Balaban J connectivity index is 1.81. The minimum absolute atomic E-state index is 0.415. The van der Waals surface area contributed by atoms with Gasteiger partial charge in [-0.3, -0.25) is 0 Å². The smallest absolute Gasteiger partial charge is 0.207 e. The van der Waals surface area contributed by atoms with Crippen LogP contribution in [0.1, 0.15) is 57.4 Å². The van der Waals surface area contributed by atoms with Crippen molar-refractivity contribution >= 4 is 10.0 Å². The number of allylic oxidation sites excluding steroid dienone is 2. The molecule has 1 aliphatic rings. The first-order valence-corrected chi connectivity index (χ1v) is 10.7. The molecule has 0 N–H and O–H groups in total. The van der Waals surface area contributed by atoms with Crippen LogP contribution in [0.2, 0.25) is 0 Å². The summed E-state index contributed by atoms with van der Waals surface area (Å²) in [7, 11) is -3.33. The predicted molar refractivity (Wildman–Crippen MR) is 101 cm³/mol. The summed E-state index contributed by atoms with van der Waals surface area (Å²) in [5.74, 6) is 0.528. The first-order chi connectivity index (χ1) is 11.5. The van der Waals surface area contributed by atoms with Crippen molar-refractivity contribution in [2.45, 2.75) is 63.7 Å². The average Bonchev–Trinajstić information content (AvgIpc) is 2.59. The van der Waals surface area contributed by atoms with Crippen LogP contribution in [0.15, 0.2) is 41.3 Å². The van der Waals surface area contributed by atoms with Crippen molar-refractivity contribution < 1.29 is 8.42 Å².